The van der Waals surface area contributed by atoms with Crippen LogP contribution in [0.5, 0.6) is 5.75 Å². The summed E-state index contributed by atoms with van der Waals surface area (Å²) < 4.78 is 5.20. The zero-order valence-corrected chi connectivity index (χ0v) is 12.9. The Morgan fingerprint density at radius 2 is 2.10 bits per heavy atom. The van der Waals surface area contributed by atoms with Gasteiger partial charge in [-0.05, 0) is 43.6 Å². The first-order chi connectivity index (χ1) is 9.20. The zero-order valence-electron chi connectivity index (χ0n) is 12.1. The van der Waals surface area contributed by atoms with Crippen LogP contribution in [0.25, 0.3) is 0 Å². The van der Waals surface area contributed by atoms with E-state index in [9.17, 15) is 4.79 Å². The quantitative estimate of drug-likeness (QED) is 0.925. The van der Waals surface area contributed by atoms with Crippen LogP contribution in [0.4, 0.5) is 0 Å². The van der Waals surface area contributed by atoms with Crippen molar-refractivity contribution >= 4 is 18.3 Å². The number of nitrogens with zero attached hydrogens (tertiary/aromatic N) is 1. The van der Waals surface area contributed by atoms with Crippen LogP contribution >= 0.6 is 12.4 Å². The van der Waals surface area contributed by atoms with E-state index >= 15 is 0 Å². The van der Waals surface area contributed by atoms with Gasteiger partial charge in [0.2, 0.25) is 5.91 Å². The Morgan fingerprint density at radius 1 is 1.40 bits per heavy atom. The summed E-state index contributed by atoms with van der Waals surface area (Å²) in [6.07, 6.45) is 1.89. The maximum atomic E-state index is 12.3. The van der Waals surface area contributed by atoms with Crippen molar-refractivity contribution in [2.75, 3.05) is 27.2 Å². The molecule has 1 N–H and O–H groups in total. The van der Waals surface area contributed by atoms with E-state index in [1.807, 2.05) is 36.2 Å². The van der Waals surface area contributed by atoms with Gasteiger partial charge >= 0.3 is 0 Å². The molecule has 0 spiro atoms. The van der Waals surface area contributed by atoms with Crippen LogP contribution in [-0.4, -0.2) is 38.1 Å². The van der Waals surface area contributed by atoms with Gasteiger partial charge in [0.25, 0.3) is 0 Å². The Morgan fingerprint density at radius 3 is 2.75 bits per heavy atom. The second-order valence-electron chi connectivity index (χ2n) is 5.07. The average molecular weight is 299 g/mol. The Labute approximate surface area is 126 Å². The summed E-state index contributed by atoms with van der Waals surface area (Å²) in [5.41, 5.74) is 1.10. The van der Waals surface area contributed by atoms with E-state index in [-0.39, 0.29) is 24.2 Å². The normalized spacial score (nSPS) is 15.3. The molecule has 20 heavy (non-hydrogen) atoms. The predicted molar refractivity (Wildman–Crippen MR) is 82.3 cm³/mol. The summed E-state index contributed by atoms with van der Waals surface area (Å²) >= 11 is 0. The van der Waals surface area contributed by atoms with Crippen molar-refractivity contribution in [3.05, 3.63) is 29.8 Å². The number of piperidine rings is 1. The number of hydrogen-bond donors (Lipinski definition) is 1. The first-order valence-corrected chi connectivity index (χ1v) is 6.79. The Bertz CT molecular complexity index is 434. The van der Waals surface area contributed by atoms with Gasteiger partial charge in [-0.3, -0.25) is 4.79 Å². The minimum Gasteiger partial charge on any atom is -0.497 e. The van der Waals surface area contributed by atoms with Gasteiger partial charge < -0.3 is 15.0 Å². The summed E-state index contributed by atoms with van der Waals surface area (Å²) in [7, 11) is 3.53. The van der Waals surface area contributed by atoms with E-state index in [1.165, 1.54) is 0 Å². The molecule has 1 aromatic rings. The number of carbonyl (C=O) groups is 1. The van der Waals surface area contributed by atoms with Crippen molar-refractivity contribution in [1.29, 1.82) is 0 Å². The van der Waals surface area contributed by atoms with Gasteiger partial charge in [0.05, 0.1) is 7.11 Å². The second-order valence-corrected chi connectivity index (χ2v) is 5.07. The van der Waals surface area contributed by atoms with E-state index in [1.54, 1.807) is 7.11 Å². The number of hydrogen-bond acceptors (Lipinski definition) is 3. The van der Waals surface area contributed by atoms with E-state index < -0.39 is 0 Å². The van der Waals surface area contributed by atoms with Gasteiger partial charge in [-0.25, -0.2) is 0 Å². The number of nitrogens with one attached hydrogen (secondary N) is 1. The Hall–Kier alpha value is -1.26. The highest BCUT2D eigenvalue weighted by Crippen LogP contribution is 2.18. The minimum atomic E-state index is 0. The van der Waals surface area contributed by atoms with Crippen LogP contribution in [0.2, 0.25) is 0 Å². The number of carbonyl (C=O) groups excluding carboxylic acids is 1. The van der Waals surface area contributed by atoms with Gasteiger partial charge in [0.1, 0.15) is 5.75 Å². The highest BCUT2D eigenvalue weighted by Gasteiger charge is 2.23. The van der Waals surface area contributed by atoms with Crippen molar-refractivity contribution in [1.82, 2.24) is 10.2 Å². The largest absolute Gasteiger partial charge is 0.497 e. The molecule has 1 aromatic carbocycles. The molecule has 0 aromatic heterocycles. The third-order valence-electron chi connectivity index (χ3n) is 3.62. The number of benzene rings is 1. The molecule has 0 bridgehead atoms. The van der Waals surface area contributed by atoms with Crippen LogP contribution < -0.4 is 10.1 Å². The maximum absolute atomic E-state index is 12.3. The first-order valence-electron chi connectivity index (χ1n) is 6.79. The summed E-state index contributed by atoms with van der Waals surface area (Å²) in [6.45, 7) is 2.53. The standard InChI is InChI=1S/C15H22N2O2.ClH/c1-17(15(18)13-6-8-16-9-7-13)11-12-4-3-5-14(10-12)19-2;/h3-5,10,13,16H,6-9,11H2,1-2H3;1H. The number of ether oxygens (including phenoxy) is 1. The van der Waals surface area contributed by atoms with Gasteiger partial charge in [-0.1, -0.05) is 12.1 Å². The van der Waals surface area contributed by atoms with Gasteiger partial charge in [0, 0.05) is 19.5 Å². The lowest BCUT2D eigenvalue weighted by atomic mass is 9.96. The van der Waals surface area contributed by atoms with Crippen LogP contribution in [0, 0.1) is 5.92 Å². The van der Waals surface area contributed by atoms with Gasteiger partial charge in [0.15, 0.2) is 0 Å². The molecule has 1 amide bonds. The monoisotopic (exact) mass is 298 g/mol. The number of rotatable bonds is 4. The zero-order chi connectivity index (χ0) is 13.7. The summed E-state index contributed by atoms with van der Waals surface area (Å²) in [6, 6.07) is 7.87. The van der Waals surface area contributed by atoms with E-state index in [0.29, 0.717) is 6.54 Å². The number of halogens is 1. The summed E-state index contributed by atoms with van der Waals surface area (Å²) in [5, 5.41) is 3.29. The van der Waals surface area contributed by atoms with Crippen LogP contribution in [0.1, 0.15) is 18.4 Å². The third kappa shape index (κ3) is 4.39. The fourth-order valence-electron chi connectivity index (χ4n) is 2.50. The second kappa shape index (κ2) is 8.12. The van der Waals surface area contributed by atoms with Crippen LogP contribution in [0.15, 0.2) is 24.3 Å². The van der Waals surface area contributed by atoms with Gasteiger partial charge in [-0.2, -0.15) is 0 Å². The molecular weight excluding hydrogens is 276 g/mol. The molecule has 4 nitrogen and oxygen atoms in total. The Balaban J connectivity index is 0.00000200. The molecule has 0 radical (unpaired) electrons. The molecule has 0 unspecified atom stereocenters. The topological polar surface area (TPSA) is 41.6 Å². The van der Waals surface area contributed by atoms with Crippen LogP contribution in [0.3, 0.4) is 0 Å². The van der Waals surface area contributed by atoms with Crippen molar-refractivity contribution < 1.29 is 9.53 Å². The van der Waals surface area contributed by atoms with Crippen molar-refractivity contribution in [3.8, 4) is 5.75 Å². The Kier molecular flexibility index (Phi) is 6.82. The van der Waals surface area contributed by atoms with E-state index in [0.717, 1.165) is 37.2 Å². The molecular formula is C15H23ClN2O2. The minimum absolute atomic E-state index is 0. The molecule has 0 aliphatic carbocycles. The molecule has 5 heteroatoms. The molecule has 112 valence electrons. The molecule has 0 atom stereocenters. The SMILES string of the molecule is COc1cccc(CN(C)C(=O)C2CCNCC2)c1.Cl. The van der Waals surface area contributed by atoms with Crippen molar-refractivity contribution in [2.45, 2.75) is 19.4 Å². The molecule has 1 heterocycles. The fourth-order valence-corrected chi connectivity index (χ4v) is 2.50. The molecule has 1 aliphatic rings. The lowest BCUT2D eigenvalue weighted by Gasteiger charge is -2.27. The van der Waals surface area contributed by atoms with E-state index in [4.69, 9.17) is 4.74 Å². The summed E-state index contributed by atoms with van der Waals surface area (Å²) in [5.74, 6) is 1.27. The molecule has 1 aliphatic heterocycles. The summed E-state index contributed by atoms with van der Waals surface area (Å²) in [4.78, 5) is 14.1. The maximum Gasteiger partial charge on any atom is 0.225 e. The molecule has 2 rings (SSSR count). The van der Waals surface area contributed by atoms with Crippen molar-refractivity contribution in [2.24, 2.45) is 5.92 Å². The van der Waals surface area contributed by atoms with Crippen molar-refractivity contribution in [3.63, 3.8) is 0 Å². The number of methoxy groups -OCH3 is 1. The lowest BCUT2D eigenvalue weighted by Crippen LogP contribution is -2.38. The predicted octanol–water partition coefficient (Wildman–Crippen LogP) is 2.07. The highest BCUT2D eigenvalue weighted by molar-refractivity contribution is 5.85. The van der Waals surface area contributed by atoms with E-state index in [2.05, 4.69) is 5.32 Å². The fraction of sp³-hybridized carbons (Fsp3) is 0.533. The molecule has 1 saturated heterocycles. The number of amides is 1. The molecule has 1 fully saturated rings. The average Bonchev–Trinajstić information content (AvgIpc) is 2.47. The highest BCUT2D eigenvalue weighted by atomic mass is 35.5. The third-order valence-corrected chi connectivity index (χ3v) is 3.62. The lowest BCUT2D eigenvalue weighted by molar-refractivity contribution is -0.135. The smallest absolute Gasteiger partial charge is 0.225 e. The van der Waals surface area contributed by atoms with Crippen LogP contribution in [-0.2, 0) is 11.3 Å². The van der Waals surface area contributed by atoms with Gasteiger partial charge in [-0.15, -0.1) is 12.4 Å². The first kappa shape index (κ1) is 16.8. The molecule has 0 saturated carbocycles.